The number of aromatic nitrogens is 4. The summed E-state index contributed by atoms with van der Waals surface area (Å²) in [5.74, 6) is -40.5. The number of halogens is 15. The third-order valence-electron chi connectivity index (χ3n) is 10.4. The van der Waals surface area contributed by atoms with Crippen LogP contribution in [0.25, 0.3) is 51.7 Å². The highest BCUT2D eigenvalue weighted by molar-refractivity contribution is 8.77. The number of H-pyrrole nitrogens is 3. The highest BCUT2D eigenvalue weighted by atomic mass is 33.1. The molecule has 3 N–H and O–H groups in total. The molecule has 1 fully saturated rings. The van der Waals surface area contributed by atoms with Crippen LogP contribution in [0.3, 0.4) is 0 Å². The first-order valence-electron chi connectivity index (χ1n) is 18.1. The molecule has 9 rings (SSSR count). The average molecular weight is 929 g/mol. The first-order valence-corrected chi connectivity index (χ1v) is 20.5. The van der Waals surface area contributed by atoms with Crippen LogP contribution in [0.1, 0.15) is 35.6 Å². The Bertz CT molecular complexity index is 3270. The summed E-state index contributed by atoms with van der Waals surface area (Å²) in [6.07, 6.45) is 3.90. The van der Waals surface area contributed by atoms with Crippen LogP contribution in [0.5, 0.6) is 0 Å². The van der Waals surface area contributed by atoms with E-state index >= 15 is 52.7 Å². The zero-order valence-electron chi connectivity index (χ0n) is 30.8. The van der Waals surface area contributed by atoms with E-state index < -0.39 is 137 Å². The summed E-state index contributed by atoms with van der Waals surface area (Å²) in [5.41, 5.74) is -10.4. The molecule has 7 aromatic rings. The van der Waals surface area contributed by atoms with Crippen molar-refractivity contribution in [1.82, 2.24) is 19.5 Å². The molecule has 0 spiro atoms. The summed E-state index contributed by atoms with van der Waals surface area (Å²) >= 11 is 0. The number of hydrogen-bond acceptors (Lipinski definition) is 2. The number of rotatable bonds is 4. The molecule has 6 heterocycles. The molecular formula is C42H19F15N4S2. The van der Waals surface area contributed by atoms with E-state index in [1.807, 2.05) is 0 Å². The van der Waals surface area contributed by atoms with Crippen molar-refractivity contribution in [2.24, 2.45) is 0 Å². The lowest BCUT2D eigenvalue weighted by Crippen LogP contribution is -2.33. The number of nitrogens with zero attached hydrogens (tertiary/aromatic N) is 1. The highest BCUT2D eigenvalue weighted by Gasteiger charge is 2.39. The van der Waals surface area contributed by atoms with Crippen molar-refractivity contribution in [3.05, 3.63) is 168 Å². The van der Waals surface area contributed by atoms with E-state index in [-0.39, 0.29) is 40.2 Å². The minimum atomic E-state index is -2.79. The van der Waals surface area contributed by atoms with Crippen molar-refractivity contribution >= 4 is 45.4 Å². The number of hydrogen-bond donors (Lipinski definition) is 3. The summed E-state index contributed by atoms with van der Waals surface area (Å²) in [6.45, 7) is 0. The maximum absolute atomic E-state index is 16.5. The zero-order valence-corrected chi connectivity index (χ0v) is 32.5. The first kappa shape index (κ1) is 42.2. The maximum Gasteiger partial charge on any atom is 0.200 e. The fourth-order valence-electron chi connectivity index (χ4n) is 7.63. The lowest BCUT2D eigenvalue weighted by molar-refractivity contribution is 0.375. The van der Waals surface area contributed by atoms with E-state index in [1.54, 1.807) is 12.1 Å². The molecule has 8 bridgehead atoms. The van der Waals surface area contributed by atoms with Crippen molar-refractivity contribution in [1.29, 1.82) is 0 Å². The van der Waals surface area contributed by atoms with Crippen LogP contribution in [-0.4, -0.2) is 30.5 Å². The molecule has 4 aromatic heterocycles. The summed E-state index contributed by atoms with van der Waals surface area (Å²) in [6, 6.07) is 8.42. The van der Waals surface area contributed by atoms with Gasteiger partial charge in [0.15, 0.2) is 69.8 Å². The van der Waals surface area contributed by atoms with Gasteiger partial charge in [0.2, 0.25) is 17.5 Å². The number of benzene rings is 3. The quantitative estimate of drug-likeness (QED) is 0.0714. The van der Waals surface area contributed by atoms with Crippen molar-refractivity contribution in [2.75, 3.05) is 5.75 Å². The second-order valence-electron chi connectivity index (χ2n) is 14.1. The van der Waals surface area contributed by atoms with E-state index in [1.165, 1.54) is 30.4 Å². The molecule has 324 valence electrons. The second-order valence-corrected chi connectivity index (χ2v) is 16.8. The minimum Gasteiger partial charge on any atom is -0.355 e. The lowest BCUT2D eigenvalue weighted by Gasteiger charge is -2.24. The molecular weight excluding hydrogens is 910 g/mol. The fraction of sp³-hybridized carbons (Fsp3) is 0.0952. The molecule has 0 amide bonds. The van der Waals surface area contributed by atoms with Crippen LogP contribution in [0.2, 0.25) is 0 Å². The van der Waals surface area contributed by atoms with E-state index in [2.05, 4.69) is 15.0 Å². The van der Waals surface area contributed by atoms with Crippen molar-refractivity contribution < 1.29 is 65.9 Å². The third-order valence-corrected chi connectivity index (χ3v) is 13.3. The van der Waals surface area contributed by atoms with Gasteiger partial charge in [-0.3, -0.25) is 0 Å². The first-order chi connectivity index (χ1) is 30.0. The van der Waals surface area contributed by atoms with Crippen LogP contribution in [0, 0.1) is 87.3 Å². The Morgan fingerprint density at radius 1 is 0.444 bits per heavy atom. The van der Waals surface area contributed by atoms with Crippen LogP contribution >= 0.6 is 21.6 Å². The summed E-state index contributed by atoms with van der Waals surface area (Å²) in [7, 11) is 2.09. The SMILES string of the molecule is Fc1c(F)c(F)c(-c2c(-c3c(F)c(F)c(F)c(F)c3F)c3n(-c4c(F)c(F)c(F)c(F)c4F)c2=Cc2ccc([nH]2)C=c2ccc([nH]2)=Cc2ccc([nH]2)C=3C2CCCSS2)c(F)c1F. The molecule has 4 nitrogen and oxygen atoms in total. The topological polar surface area (TPSA) is 52.3 Å². The Morgan fingerprint density at radius 3 is 1.40 bits per heavy atom. The largest absolute Gasteiger partial charge is 0.355 e. The van der Waals surface area contributed by atoms with Crippen molar-refractivity contribution in [3.8, 4) is 27.9 Å². The molecule has 2 aliphatic heterocycles. The Hall–Kier alpha value is -6.09. The van der Waals surface area contributed by atoms with Crippen LogP contribution in [0.4, 0.5) is 65.9 Å². The van der Waals surface area contributed by atoms with Gasteiger partial charge >= 0.3 is 0 Å². The molecule has 63 heavy (non-hydrogen) atoms. The predicted molar refractivity (Wildman–Crippen MR) is 203 cm³/mol. The summed E-state index contributed by atoms with van der Waals surface area (Å²) in [5, 5.41) is -2.84. The monoisotopic (exact) mass is 928 g/mol. The molecule has 21 heteroatoms. The third kappa shape index (κ3) is 6.60. The molecule has 1 saturated heterocycles. The van der Waals surface area contributed by atoms with Gasteiger partial charge in [-0.1, -0.05) is 21.6 Å². The predicted octanol–water partition coefficient (Wildman–Crippen LogP) is 9.42. The smallest absolute Gasteiger partial charge is 0.200 e. The van der Waals surface area contributed by atoms with Gasteiger partial charge in [-0.15, -0.1) is 0 Å². The van der Waals surface area contributed by atoms with E-state index in [9.17, 15) is 13.2 Å². The number of fused-ring (bicyclic) bond motifs is 8. The van der Waals surface area contributed by atoms with Gasteiger partial charge in [0, 0.05) is 61.2 Å². The molecule has 0 saturated carbocycles. The van der Waals surface area contributed by atoms with E-state index in [0.717, 1.165) is 27.7 Å². The Labute approximate surface area is 349 Å². The van der Waals surface area contributed by atoms with Gasteiger partial charge in [-0.2, -0.15) is 0 Å². The van der Waals surface area contributed by atoms with E-state index in [4.69, 9.17) is 0 Å². The van der Waals surface area contributed by atoms with E-state index in [0.29, 0.717) is 22.5 Å². The Balaban J connectivity index is 1.71. The standard InChI is InChI=1S/C42H19F15N4S2/c43-26-24(27(44)31(48)34(51)30(26)47)22-19-12-17-6-5-14(59-17)10-13-3-4-15(58-13)11-16-7-8-18(60-16)21(20-2-1-9-62-63-20)41(23(22)25-28(45)32(49)35(52)33(50)29(25)46)61(19)42-39(56)37(54)36(53)38(55)40(42)57/h3-8,10-12,20,58-60H,1-2,9H2. The molecule has 1 unspecified atom stereocenters. The van der Waals surface area contributed by atoms with Crippen LogP contribution in [-0.2, 0) is 0 Å². The molecule has 1 atom stereocenters. The van der Waals surface area contributed by atoms with Gasteiger partial charge in [0.1, 0.15) is 5.69 Å². The van der Waals surface area contributed by atoms with Crippen LogP contribution in [0.15, 0.2) is 36.4 Å². The van der Waals surface area contributed by atoms with Gasteiger partial charge in [-0.25, -0.2) is 65.9 Å². The highest BCUT2D eigenvalue weighted by Crippen LogP contribution is 2.45. The minimum absolute atomic E-state index is 0.00336. The van der Waals surface area contributed by atoms with Gasteiger partial charge < -0.3 is 19.5 Å². The maximum atomic E-state index is 16.5. The lowest BCUT2D eigenvalue weighted by atomic mass is 9.92. The molecule has 3 aromatic carbocycles. The van der Waals surface area contributed by atoms with Crippen molar-refractivity contribution in [2.45, 2.75) is 18.1 Å². The normalized spacial score (nSPS) is 15.1. The van der Waals surface area contributed by atoms with Crippen molar-refractivity contribution in [3.63, 3.8) is 0 Å². The summed E-state index contributed by atoms with van der Waals surface area (Å²) in [4.78, 5) is 8.82. The molecule has 0 radical (unpaired) electrons. The average Bonchev–Trinajstić information content (AvgIpc) is 4.09. The Morgan fingerprint density at radius 2 is 0.889 bits per heavy atom. The number of aromatic amines is 3. The van der Waals surface area contributed by atoms with Gasteiger partial charge in [0.05, 0.1) is 21.8 Å². The zero-order chi connectivity index (χ0) is 44.9. The second kappa shape index (κ2) is 15.6. The van der Waals surface area contributed by atoms with Crippen LogP contribution < -0.4 is 21.4 Å². The van der Waals surface area contributed by atoms with Gasteiger partial charge in [-0.05, 0) is 67.5 Å². The number of nitrogens with one attached hydrogen (secondary N) is 3. The van der Waals surface area contributed by atoms with Gasteiger partial charge in [0.25, 0.3) is 0 Å². The Kier molecular flexibility index (Phi) is 10.5. The fourth-order valence-corrected chi connectivity index (χ4v) is 10.5. The molecule has 0 aliphatic carbocycles. The molecule has 2 aliphatic rings. The summed E-state index contributed by atoms with van der Waals surface area (Å²) < 4.78 is 236.